The Morgan fingerprint density at radius 3 is 2.79 bits per heavy atom. The number of rotatable bonds is 6. The second kappa shape index (κ2) is 7.41. The minimum absolute atomic E-state index is 0.0137. The summed E-state index contributed by atoms with van der Waals surface area (Å²) in [4.78, 5) is 19.5. The molecule has 0 N–H and O–H groups in total. The number of aryl methyl sites for hydroxylation is 1. The van der Waals surface area contributed by atoms with Crippen molar-refractivity contribution >= 4 is 21.6 Å². The van der Waals surface area contributed by atoms with Gasteiger partial charge in [0.25, 0.3) is 5.56 Å². The quantitative estimate of drug-likeness (QED) is 0.627. The zero-order valence-corrected chi connectivity index (χ0v) is 14.5. The van der Waals surface area contributed by atoms with Gasteiger partial charge in [-0.25, -0.2) is 4.98 Å². The van der Waals surface area contributed by atoms with Crippen LogP contribution >= 0.6 is 11.3 Å². The summed E-state index contributed by atoms with van der Waals surface area (Å²) < 4.78 is 1.75. The van der Waals surface area contributed by atoms with E-state index in [1.54, 1.807) is 15.9 Å². The van der Waals surface area contributed by atoms with E-state index in [1.807, 2.05) is 36.4 Å². The average molecular weight is 337 g/mol. The molecule has 0 fully saturated rings. The predicted molar refractivity (Wildman–Crippen MR) is 98.2 cm³/mol. The molecule has 3 aromatic rings. The summed E-state index contributed by atoms with van der Waals surface area (Å²) in [6.45, 7) is 2.64. The van der Waals surface area contributed by atoms with Gasteiger partial charge < -0.3 is 0 Å². The first-order valence-electron chi connectivity index (χ1n) is 8.20. The summed E-state index contributed by atoms with van der Waals surface area (Å²) in [5.74, 6) is 0.828. The molecule has 4 nitrogen and oxygen atoms in total. The van der Waals surface area contributed by atoms with Crippen molar-refractivity contribution in [2.75, 3.05) is 0 Å². The third-order valence-corrected chi connectivity index (χ3v) is 5.01. The van der Waals surface area contributed by atoms with Crippen LogP contribution in [0.2, 0.25) is 0 Å². The third-order valence-electron chi connectivity index (χ3n) is 3.93. The highest BCUT2D eigenvalue weighted by molar-refractivity contribution is 7.21. The molecule has 122 valence electrons. The van der Waals surface area contributed by atoms with Crippen LogP contribution in [0.15, 0.2) is 41.2 Å². The van der Waals surface area contributed by atoms with Crippen molar-refractivity contribution in [1.29, 1.82) is 5.26 Å². The molecule has 3 rings (SSSR count). The molecule has 0 saturated heterocycles. The highest BCUT2D eigenvalue weighted by Crippen LogP contribution is 2.31. The van der Waals surface area contributed by atoms with E-state index in [0.717, 1.165) is 33.9 Å². The Bertz CT molecular complexity index is 935. The molecule has 0 spiro atoms. The molecule has 1 aromatic carbocycles. The van der Waals surface area contributed by atoms with Crippen LogP contribution in [0.1, 0.15) is 32.0 Å². The maximum Gasteiger partial charge on any atom is 0.262 e. The minimum atomic E-state index is 0.0137. The van der Waals surface area contributed by atoms with Crippen LogP contribution in [0.3, 0.4) is 0 Å². The largest absolute Gasteiger partial charge is 0.296 e. The van der Waals surface area contributed by atoms with Crippen LogP contribution in [0.5, 0.6) is 0 Å². The van der Waals surface area contributed by atoms with Crippen LogP contribution in [-0.2, 0) is 13.0 Å². The molecule has 24 heavy (non-hydrogen) atoms. The van der Waals surface area contributed by atoms with Crippen LogP contribution in [0, 0.1) is 11.3 Å². The smallest absolute Gasteiger partial charge is 0.262 e. The number of thiophene rings is 1. The zero-order chi connectivity index (χ0) is 16.9. The second-order valence-corrected chi connectivity index (χ2v) is 6.72. The Labute approximate surface area is 145 Å². The molecule has 0 amide bonds. The van der Waals surface area contributed by atoms with Crippen LogP contribution < -0.4 is 5.56 Å². The van der Waals surface area contributed by atoms with Gasteiger partial charge in [-0.2, -0.15) is 5.26 Å². The molecule has 2 aromatic heterocycles. The first-order valence-corrected chi connectivity index (χ1v) is 9.02. The summed E-state index contributed by atoms with van der Waals surface area (Å²) in [5.41, 5.74) is 1.12. The molecule has 0 aliphatic carbocycles. The second-order valence-electron chi connectivity index (χ2n) is 5.69. The van der Waals surface area contributed by atoms with E-state index in [1.165, 1.54) is 0 Å². The Hall–Kier alpha value is -2.45. The summed E-state index contributed by atoms with van der Waals surface area (Å²) in [6.07, 6.45) is 2.84. The van der Waals surface area contributed by atoms with Gasteiger partial charge in [-0.3, -0.25) is 9.36 Å². The van der Waals surface area contributed by atoms with Gasteiger partial charge in [-0.1, -0.05) is 37.3 Å². The molecule has 0 unspecified atom stereocenters. The fraction of sp³-hybridized carbons (Fsp3) is 0.316. The Kier molecular flexibility index (Phi) is 5.07. The van der Waals surface area contributed by atoms with Crippen molar-refractivity contribution in [3.05, 3.63) is 52.6 Å². The van der Waals surface area contributed by atoms with Gasteiger partial charge in [0.05, 0.1) is 11.5 Å². The van der Waals surface area contributed by atoms with E-state index in [0.29, 0.717) is 24.8 Å². The maximum absolute atomic E-state index is 12.9. The number of hydrogen-bond donors (Lipinski definition) is 0. The lowest BCUT2D eigenvalue weighted by Crippen LogP contribution is -2.25. The van der Waals surface area contributed by atoms with E-state index in [-0.39, 0.29) is 5.56 Å². The van der Waals surface area contributed by atoms with Gasteiger partial charge in [-0.05, 0) is 24.5 Å². The van der Waals surface area contributed by atoms with E-state index in [9.17, 15) is 4.79 Å². The number of benzene rings is 1. The molecule has 0 saturated carbocycles. The van der Waals surface area contributed by atoms with Crippen LogP contribution in [0.25, 0.3) is 20.7 Å². The van der Waals surface area contributed by atoms with Crippen LogP contribution in [-0.4, -0.2) is 9.55 Å². The van der Waals surface area contributed by atoms with Gasteiger partial charge in [0.1, 0.15) is 10.7 Å². The molecule has 0 aliphatic rings. The molecule has 0 atom stereocenters. The number of hydrogen-bond acceptors (Lipinski definition) is 4. The fourth-order valence-corrected chi connectivity index (χ4v) is 3.81. The molecule has 2 heterocycles. The first kappa shape index (κ1) is 16.4. The molecular formula is C19H19N3OS. The van der Waals surface area contributed by atoms with E-state index in [4.69, 9.17) is 10.2 Å². The Balaban J connectivity index is 2.10. The van der Waals surface area contributed by atoms with E-state index >= 15 is 0 Å². The monoisotopic (exact) mass is 337 g/mol. The zero-order valence-electron chi connectivity index (χ0n) is 13.7. The molecule has 5 heteroatoms. The van der Waals surface area contributed by atoms with E-state index in [2.05, 4.69) is 13.0 Å². The van der Waals surface area contributed by atoms with E-state index < -0.39 is 0 Å². The lowest BCUT2D eigenvalue weighted by molar-refractivity contribution is 0.585. The summed E-state index contributed by atoms with van der Waals surface area (Å²) in [6, 6.07) is 14.1. The predicted octanol–water partition coefficient (Wildman–Crippen LogP) is 4.38. The lowest BCUT2D eigenvalue weighted by atomic mass is 10.2. The van der Waals surface area contributed by atoms with Crippen molar-refractivity contribution in [1.82, 2.24) is 9.55 Å². The SMILES string of the molecule is CCCc1nc2sc(-c3ccccc3)cc2c(=O)n1CCCC#N. The highest BCUT2D eigenvalue weighted by atomic mass is 32.1. The molecule has 0 aliphatic heterocycles. The minimum Gasteiger partial charge on any atom is -0.296 e. The highest BCUT2D eigenvalue weighted by Gasteiger charge is 2.14. The average Bonchev–Trinajstić information content (AvgIpc) is 3.03. The first-order chi connectivity index (χ1) is 11.7. The Morgan fingerprint density at radius 1 is 1.29 bits per heavy atom. The van der Waals surface area contributed by atoms with Gasteiger partial charge in [0.2, 0.25) is 0 Å². The number of nitrogens with zero attached hydrogens (tertiary/aromatic N) is 3. The van der Waals surface area contributed by atoms with Gasteiger partial charge in [0, 0.05) is 24.3 Å². The third kappa shape index (κ3) is 3.24. The number of aromatic nitrogens is 2. The Morgan fingerprint density at radius 2 is 2.08 bits per heavy atom. The normalized spacial score (nSPS) is 10.8. The maximum atomic E-state index is 12.9. The summed E-state index contributed by atoms with van der Waals surface area (Å²) in [5, 5.41) is 9.41. The number of unbranched alkanes of at least 4 members (excludes halogenated alkanes) is 1. The number of nitriles is 1. The van der Waals surface area contributed by atoms with Gasteiger partial charge in [-0.15, -0.1) is 11.3 Å². The van der Waals surface area contributed by atoms with Crippen LogP contribution in [0.4, 0.5) is 0 Å². The fourth-order valence-electron chi connectivity index (χ4n) is 2.76. The molecule has 0 bridgehead atoms. The summed E-state index contributed by atoms with van der Waals surface area (Å²) in [7, 11) is 0. The standard InChI is InChI=1S/C19H19N3OS/c1-2-8-17-21-18-15(19(23)22(17)12-7-6-11-20)13-16(24-18)14-9-4-3-5-10-14/h3-5,9-10,13H,2,6-8,12H2,1H3. The number of fused-ring (bicyclic) bond motifs is 1. The molecular weight excluding hydrogens is 318 g/mol. The van der Waals surface area contributed by atoms with Crippen molar-refractivity contribution in [2.45, 2.75) is 39.2 Å². The lowest BCUT2D eigenvalue weighted by Gasteiger charge is -2.10. The van der Waals surface area contributed by atoms with Gasteiger partial charge in [0.15, 0.2) is 0 Å². The topological polar surface area (TPSA) is 58.7 Å². The summed E-state index contributed by atoms with van der Waals surface area (Å²) >= 11 is 1.56. The van der Waals surface area contributed by atoms with Gasteiger partial charge >= 0.3 is 0 Å². The van der Waals surface area contributed by atoms with Crippen molar-refractivity contribution in [3.63, 3.8) is 0 Å². The molecule has 0 radical (unpaired) electrons. The van der Waals surface area contributed by atoms with Crippen molar-refractivity contribution in [3.8, 4) is 16.5 Å². The van der Waals surface area contributed by atoms with Crippen molar-refractivity contribution < 1.29 is 0 Å². The van der Waals surface area contributed by atoms with Crippen molar-refractivity contribution in [2.24, 2.45) is 0 Å².